The molecule has 0 fully saturated rings. The highest BCUT2D eigenvalue weighted by Crippen LogP contribution is 2.36. The molecule has 6 heteroatoms. The van der Waals surface area contributed by atoms with Gasteiger partial charge in [0.15, 0.2) is 0 Å². The van der Waals surface area contributed by atoms with Gasteiger partial charge in [-0.15, -0.1) is 0 Å². The molecular weight excluding hydrogens is 258 g/mol. The van der Waals surface area contributed by atoms with Crippen molar-refractivity contribution in [1.29, 1.82) is 0 Å². The molecule has 1 aromatic rings. The Morgan fingerprint density at radius 2 is 1.89 bits per heavy atom. The fraction of sp³-hybridized carbons (Fsp3) is 0.417. The third-order valence-corrected chi connectivity index (χ3v) is 3.39. The Labute approximate surface area is 105 Å². The smallest absolute Gasteiger partial charge is 0.324 e. The summed E-state index contributed by atoms with van der Waals surface area (Å²) in [5, 5.41) is 0. The van der Waals surface area contributed by atoms with Gasteiger partial charge in [0.1, 0.15) is 17.8 Å². The third-order valence-electron chi connectivity index (χ3n) is 2.62. The van der Waals surface area contributed by atoms with Crippen LogP contribution in [0.1, 0.15) is 25.8 Å². The van der Waals surface area contributed by atoms with E-state index >= 15 is 0 Å². The summed E-state index contributed by atoms with van der Waals surface area (Å²) in [6.45, 7) is 3.34. The lowest BCUT2D eigenvalue weighted by Gasteiger charge is -2.25. The average molecular weight is 274 g/mol. The van der Waals surface area contributed by atoms with Gasteiger partial charge in [0.2, 0.25) is 0 Å². The lowest BCUT2D eigenvalue weighted by Crippen LogP contribution is -2.24. The van der Waals surface area contributed by atoms with Crippen molar-refractivity contribution in [2.24, 2.45) is 0 Å². The molecule has 0 bridgehead atoms. The third kappa shape index (κ3) is 4.33. The fourth-order valence-electron chi connectivity index (χ4n) is 1.88. The van der Waals surface area contributed by atoms with E-state index in [9.17, 15) is 13.8 Å². The zero-order valence-electron chi connectivity index (χ0n) is 10.3. The summed E-state index contributed by atoms with van der Waals surface area (Å²) in [6, 6.07) is 6.07. The molecule has 100 valence electrons. The topological polar surface area (TPSA) is 74.6 Å². The Kier molecular flexibility index (Phi) is 4.43. The Morgan fingerprint density at radius 1 is 1.33 bits per heavy atom. The summed E-state index contributed by atoms with van der Waals surface area (Å²) < 4.78 is 24.3. The van der Waals surface area contributed by atoms with Crippen molar-refractivity contribution in [3.8, 4) is 0 Å². The predicted molar refractivity (Wildman–Crippen MR) is 66.0 cm³/mol. The molecule has 0 spiro atoms. The first-order valence-corrected chi connectivity index (χ1v) is 7.23. The Balaban J connectivity index is 2.86. The van der Waals surface area contributed by atoms with Crippen LogP contribution >= 0.6 is 7.60 Å². The highest BCUT2D eigenvalue weighted by Gasteiger charge is 2.29. The molecule has 18 heavy (non-hydrogen) atoms. The van der Waals surface area contributed by atoms with Gasteiger partial charge in [0.05, 0.1) is 0 Å². The van der Waals surface area contributed by atoms with E-state index in [0.717, 1.165) is 0 Å². The molecule has 0 radical (unpaired) electrons. The van der Waals surface area contributed by atoms with Gasteiger partial charge < -0.3 is 9.79 Å². The molecule has 4 nitrogen and oxygen atoms in total. The quantitative estimate of drug-likeness (QED) is 0.807. The van der Waals surface area contributed by atoms with E-state index in [1.165, 1.54) is 6.07 Å². The summed E-state index contributed by atoms with van der Waals surface area (Å²) in [5.41, 5.74) is -0.429. The molecule has 2 N–H and O–H groups in total. The number of ketones is 1. The van der Waals surface area contributed by atoms with Crippen LogP contribution in [0.4, 0.5) is 4.39 Å². The van der Waals surface area contributed by atoms with Gasteiger partial charge in [0.25, 0.3) is 0 Å². The standard InChI is InChI=1S/C12H16FO4P/c1-12(2,7-9(14)8-18(15,16)17)10-5-3-4-6-11(10)13/h3-6H,7-8H2,1-2H3,(H2,15,16,17). The van der Waals surface area contributed by atoms with Gasteiger partial charge in [-0.1, -0.05) is 32.0 Å². The van der Waals surface area contributed by atoms with Crippen LogP contribution in [0.3, 0.4) is 0 Å². The van der Waals surface area contributed by atoms with Gasteiger partial charge in [-0.05, 0) is 17.0 Å². The molecule has 0 atom stereocenters. The predicted octanol–water partition coefficient (Wildman–Crippen LogP) is 2.24. The number of rotatable bonds is 5. The molecule has 0 aliphatic heterocycles. The normalized spacial score (nSPS) is 12.5. The van der Waals surface area contributed by atoms with Crippen LogP contribution in [0.25, 0.3) is 0 Å². The van der Waals surface area contributed by atoms with Crippen molar-refractivity contribution in [3.05, 3.63) is 35.6 Å². The van der Waals surface area contributed by atoms with Gasteiger partial charge in [-0.3, -0.25) is 9.36 Å². The average Bonchev–Trinajstić information content (AvgIpc) is 2.13. The molecule has 0 saturated heterocycles. The van der Waals surface area contributed by atoms with Crippen molar-refractivity contribution in [2.45, 2.75) is 25.7 Å². The lowest BCUT2D eigenvalue weighted by atomic mass is 9.80. The minimum atomic E-state index is -4.35. The van der Waals surface area contributed by atoms with Crippen LogP contribution in [0.15, 0.2) is 24.3 Å². The van der Waals surface area contributed by atoms with Gasteiger partial charge in [-0.25, -0.2) is 4.39 Å². The number of benzene rings is 1. The second kappa shape index (κ2) is 5.31. The summed E-state index contributed by atoms with van der Waals surface area (Å²) in [6.07, 6.45) is -0.913. The lowest BCUT2D eigenvalue weighted by molar-refractivity contribution is -0.117. The Morgan fingerprint density at radius 3 is 2.39 bits per heavy atom. The number of halogens is 1. The van der Waals surface area contributed by atoms with Crippen molar-refractivity contribution in [1.82, 2.24) is 0 Å². The highest BCUT2D eigenvalue weighted by molar-refractivity contribution is 7.52. The largest absolute Gasteiger partial charge is 0.332 e. The van der Waals surface area contributed by atoms with Crippen molar-refractivity contribution in [3.63, 3.8) is 0 Å². The fourth-order valence-corrected chi connectivity index (χ4v) is 2.46. The van der Waals surface area contributed by atoms with Crippen LogP contribution in [0.5, 0.6) is 0 Å². The maximum absolute atomic E-state index is 13.6. The molecule has 1 rings (SSSR count). The number of Topliss-reactive ketones (excluding diaryl/α,β-unsaturated/α-hetero) is 1. The first-order valence-electron chi connectivity index (χ1n) is 5.43. The molecule has 0 saturated carbocycles. The Hall–Kier alpha value is -1.03. The molecule has 0 amide bonds. The minimum absolute atomic E-state index is 0.112. The van der Waals surface area contributed by atoms with E-state index in [2.05, 4.69) is 0 Å². The van der Waals surface area contributed by atoms with E-state index in [1.54, 1.807) is 32.0 Å². The van der Waals surface area contributed by atoms with Gasteiger partial charge in [0, 0.05) is 6.42 Å². The van der Waals surface area contributed by atoms with Crippen molar-refractivity contribution in [2.75, 3.05) is 6.16 Å². The molecule has 0 unspecified atom stereocenters. The molecule has 0 aliphatic carbocycles. The maximum atomic E-state index is 13.6. The van der Waals surface area contributed by atoms with Crippen LogP contribution in [-0.4, -0.2) is 21.7 Å². The van der Waals surface area contributed by atoms with Gasteiger partial charge >= 0.3 is 7.60 Å². The van der Waals surface area contributed by atoms with Crippen LogP contribution in [0, 0.1) is 5.82 Å². The molecular formula is C12H16FO4P. The zero-order valence-corrected chi connectivity index (χ0v) is 11.2. The van der Waals surface area contributed by atoms with E-state index < -0.39 is 30.8 Å². The number of carbonyl (C=O) groups excluding carboxylic acids is 1. The number of carbonyl (C=O) groups is 1. The Bertz CT molecular complexity index is 493. The monoisotopic (exact) mass is 274 g/mol. The zero-order chi connectivity index (χ0) is 14.0. The van der Waals surface area contributed by atoms with E-state index in [4.69, 9.17) is 9.79 Å². The second-order valence-electron chi connectivity index (χ2n) is 4.90. The first kappa shape index (κ1) is 15.0. The first-order chi connectivity index (χ1) is 8.12. The minimum Gasteiger partial charge on any atom is -0.324 e. The van der Waals surface area contributed by atoms with E-state index in [1.807, 2.05) is 0 Å². The summed E-state index contributed by atoms with van der Waals surface area (Å²) in [7, 11) is -4.35. The van der Waals surface area contributed by atoms with E-state index in [0.29, 0.717) is 5.56 Å². The number of hydrogen-bond donors (Lipinski definition) is 2. The van der Waals surface area contributed by atoms with Crippen LogP contribution < -0.4 is 0 Å². The van der Waals surface area contributed by atoms with Crippen molar-refractivity contribution >= 4 is 13.4 Å². The van der Waals surface area contributed by atoms with E-state index in [-0.39, 0.29) is 6.42 Å². The molecule has 0 aliphatic rings. The summed E-state index contributed by atoms with van der Waals surface area (Å²) in [5.74, 6) is -0.997. The van der Waals surface area contributed by atoms with Crippen LogP contribution in [0.2, 0.25) is 0 Å². The van der Waals surface area contributed by atoms with Crippen LogP contribution in [-0.2, 0) is 14.8 Å². The maximum Gasteiger partial charge on any atom is 0.332 e. The molecule has 0 aromatic heterocycles. The summed E-state index contributed by atoms with van der Waals surface area (Å²) >= 11 is 0. The second-order valence-corrected chi connectivity index (χ2v) is 6.55. The highest BCUT2D eigenvalue weighted by atomic mass is 31.2. The number of hydrogen-bond acceptors (Lipinski definition) is 2. The SMILES string of the molecule is CC(C)(CC(=O)CP(=O)(O)O)c1ccccc1F. The molecule has 0 heterocycles. The van der Waals surface area contributed by atoms with Gasteiger partial charge in [-0.2, -0.15) is 0 Å². The van der Waals surface area contributed by atoms with Crippen molar-refractivity contribution < 1.29 is 23.5 Å². The molecule has 1 aromatic carbocycles. The summed E-state index contributed by atoms with van der Waals surface area (Å²) in [4.78, 5) is 29.0.